The summed E-state index contributed by atoms with van der Waals surface area (Å²) < 4.78 is 0. The van der Waals surface area contributed by atoms with E-state index in [1.807, 2.05) is 36.6 Å². The minimum Gasteiger partial charge on any atom is -0.293 e. The van der Waals surface area contributed by atoms with E-state index in [1.54, 1.807) is 0 Å². The average Bonchev–Trinajstić information content (AvgIpc) is 2.57. The zero-order chi connectivity index (χ0) is 12.1. The Morgan fingerprint density at radius 1 is 1.12 bits per heavy atom. The van der Waals surface area contributed by atoms with E-state index >= 15 is 0 Å². The van der Waals surface area contributed by atoms with Gasteiger partial charge in [-0.1, -0.05) is 41.4 Å². The summed E-state index contributed by atoms with van der Waals surface area (Å²) in [6.45, 7) is 0.903. The monoisotopic (exact) mass is 265 g/mol. The second-order valence-corrected chi connectivity index (χ2v) is 4.68. The molecule has 88 valence electrons. The molecular formula is C14H13Cl2N. The van der Waals surface area contributed by atoms with Gasteiger partial charge < -0.3 is 0 Å². The molecule has 1 aromatic carbocycles. The fourth-order valence-electron chi connectivity index (χ4n) is 1.68. The number of nitrogens with zero attached hydrogens (tertiary/aromatic N) is 1. The molecule has 0 fully saturated rings. The molecule has 3 heteroatoms. The molecule has 1 nitrogen and oxygen atoms in total. The first-order valence-corrected chi connectivity index (χ1v) is 6.34. The van der Waals surface area contributed by atoms with Crippen LogP contribution in [0.15, 0.2) is 40.9 Å². The molecule has 0 unspecified atom stereocenters. The zero-order valence-electron chi connectivity index (χ0n) is 9.37. The number of rotatable bonds is 2. The molecule has 1 aliphatic rings. The Hall–Kier alpha value is -1.05. The van der Waals surface area contributed by atoms with Gasteiger partial charge in [0.15, 0.2) is 0 Å². The number of halogens is 2. The maximum atomic E-state index is 6.10. The molecule has 0 spiro atoms. The van der Waals surface area contributed by atoms with E-state index < -0.39 is 0 Å². The summed E-state index contributed by atoms with van der Waals surface area (Å²) in [5.41, 5.74) is 2.13. The predicted octanol–water partition coefficient (Wildman–Crippen LogP) is 4.80. The van der Waals surface area contributed by atoms with Crippen molar-refractivity contribution in [2.24, 2.45) is 4.99 Å². The molecule has 2 rings (SSSR count). The number of hydrogen-bond acceptors (Lipinski definition) is 1. The Labute approximate surface area is 111 Å². The second-order valence-electron chi connectivity index (χ2n) is 3.87. The lowest BCUT2D eigenvalue weighted by atomic mass is 10.1. The standard InChI is InChI=1S/C14H13Cl2N/c15-13-4-1-5-14(16)12(13)7-6-11-3-2-9-17-10-8-11/h1,4-8,10H,2-3,9H2/b7-6+. The van der Waals surface area contributed by atoms with E-state index in [2.05, 4.69) is 11.1 Å². The molecule has 0 radical (unpaired) electrons. The van der Waals surface area contributed by atoms with Crippen LogP contribution < -0.4 is 0 Å². The number of aliphatic imine (C=N–C) groups is 1. The summed E-state index contributed by atoms with van der Waals surface area (Å²) >= 11 is 12.2. The third-order valence-corrected chi connectivity index (χ3v) is 3.27. The Kier molecular flexibility index (Phi) is 4.41. The van der Waals surface area contributed by atoms with E-state index in [1.165, 1.54) is 5.57 Å². The lowest BCUT2D eigenvalue weighted by molar-refractivity contribution is 0.848. The van der Waals surface area contributed by atoms with E-state index in [0.717, 1.165) is 24.9 Å². The molecule has 0 bridgehead atoms. The van der Waals surface area contributed by atoms with Crippen molar-refractivity contribution in [1.29, 1.82) is 0 Å². The summed E-state index contributed by atoms with van der Waals surface area (Å²) in [6.07, 6.45) is 10.1. The van der Waals surface area contributed by atoms with Crippen LogP contribution in [0.25, 0.3) is 6.08 Å². The van der Waals surface area contributed by atoms with Gasteiger partial charge >= 0.3 is 0 Å². The van der Waals surface area contributed by atoms with Crippen molar-refractivity contribution in [3.8, 4) is 0 Å². The van der Waals surface area contributed by atoms with Crippen molar-refractivity contribution in [1.82, 2.24) is 0 Å². The Morgan fingerprint density at radius 2 is 1.88 bits per heavy atom. The van der Waals surface area contributed by atoms with Crippen molar-refractivity contribution >= 4 is 35.5 Å². The molecule has 17 heavy (non-hydrogen) atoms. The highest BCUT2D eigenvalue weighted by Crippen LogP contribution is 2.26. The van der Waals surface area contributed by atoms with Crippen molar-refractivity contribution < 1.29 is 0 Å². The van der Waals surface area contributed by atoms with Crippen LogP contribution in [0.1, 0.15) is 18.4 Å². The van der Waals surface area contributed by atoms with E-state index in [0.29, 0.717) is 10.0 Å². The molecule has 0 N–H and O–H groups in total. The van der Waals surface area contributed by atoms with Gasteiger partial charge in [-0.2, -0.15) is 0 Å². The van der Waals surface area contributed by atoms with Gasteiger partial charge in [-0.05, 0) is 36.6 Å². The van der Waals surface area contributed by atoms with Gasteiger partial charge in [0.1, 0.15) is 0 Å². The first kappa shape index (κ1) is 12.4. The maximum Gasteiger partial charge on any atom is 0.0493 e. The topological polar surface area (TPSA) is 12.4 Å². The highest BCUT2D eigenvalue weighted by molar-refractivity contribution is 6.37. The minimum atomic E-state index is 0.677. The highest BCUT2D eigenvalue weighted by atomic mass is 35.5. The second kappa shape index (κ2) is 6.04. The Bertz CT molecular complexity index is 467. The lowest BCUT2D eigenvalue weighted by Gasteiger charge is -2.02. The molecule has 0 amide bonds. The van der Waals surface area contributed by atoms with Crippen LogP contribution in [0.2, 0.25) is 10.0 Å². The van der Waals surface area contributed by atoms with Gasteiger partial charge in [0, 0.05) is 28.4 Å². The summed E-state index contributed by atoms with van der Waals surface area (Å²) in [5, 5.41) is 1.35. The van der Waals surface area contributed by atoms with E-state index in [4.69, 9.17) is 23.2 Å². The Balaban J connectivity index is 2.20. The first-order valence-electron chi connectivity index (χ1n) is 5.58. The van der Waals surface area contributed by atoms with Crippen LogP contribution in [-0.4, -0.2) is 12.8 Å². The van der Waals surface area contributed by atoms with Gasteiger partial charge in [0.25, 0.3) is 0 Å². The van der Waals surface area contributed by atoms with Crippen LogP contribution in [-0.2, 0) is 0 Å². The molecular weight excluding hydrogens is 253 g/mol. The lowest BCUT2D eigenvalue weighted by Crippen LogP contribution is -1.82. The van der Waals surface area contributed by atoms with Crippen LogP contribution in [0.5, 0.6) is 0 Å². The smallest absolute Gasteiger partial charge is 0.0493 e. The summed E-state index contributed by atoms with van der Waals surface area (Å²) in [4.78, 5) is 4.22. The summed E-state index contributed by atoms with van der Waals surface area (Å²) in [5.74, 6) is 0. The molecule has 1 aliphatic heterocycles. The van der Waals surface area contributed by atoms with Crippen LogP contribution in [0.4, 0.5) is 0 Å². The van der Waals surface area contributed by atoms with E-state index in [9.17, 15) is 0 Å². The molecule has 1 aromatic rings. The maximum absolute atomic E-state index is 6.10. The van der Waals surface area contributed by atoms with Crippen molar-refractivity contribution in [3.63, 3.8) is 0 Å². The fourth-order valence-corrected chi connectivity index (χ4v) is 2.20. The first-order chi connectivity index (χ1) is 8.27. The Morgan fingerprint density at radius 3 is 2.65 bits per heavy atom. The predicted molar refractivity (Wildman–Crippen MR) is 76.2 cm³/mol. The van der Waals surface area contributed by atoms with Gasteiger partial charge in [-0.3, -0.25) is 4.99 Å². The fraction of sp³-hybridized carbons (Fsp3) is 0.214. The van der Waals surface area contributed by atoms with E-state index in [-0.39, 0.29) is 0 Å². The molecule has 1 heterocycles. The number of hydrogen-bond donors (Lipinski definition) is 0. The molecule has 0 saturated heterocycles. The number of allylic oxidation sites excluding steroid dienone is 3. The summed E-state index contributed by atoms with van der Waals surface area (Å²) in [6, 6.07) is 5.53. The van der Waals surface area contributed by atoms with Crippen molar-refractivity contribution in [2.45, 2.75) is 12.8 Å². The third kappa shape index (κ3) is 3.45. The van der Waals surface area contributed by atoms with Gasteiger partial charge in [-0.15, -0.1) is 0 Å². The SMILES string of the molecule is Clc1cccc(Cl)c1/C=C/C1=CC=NCCC1. The van der Waals surface area contributed by atoms with Gasteiger partial charge in [0.05, 0.1) is 0 Å². The largest absolute Gasteiger partial charge is 0.293 e. The summed E-state index contributed by atoms with van der Waals surface area (Å²) in [7, 11) is 0. The van der Waals surface area contributed by atoms with Crippen molar-refractivity contribution in [3.05, 3.63) is 51.5 Å². The van der Waals surface area contributed by atoms with Crippen LogP contribution >= 0.6 is 23.2 Å². The van der Waals surface area contributed by atoms with Gasteiger partial charge in [0.2, 0.25) is 0 Å². The minimum absolute atomic E-state index is 0.677. The van der Waals surface area contributed by atoms with Gasteiger partial charge in [-0.25, -0.2) is 0 Å². The molecule has 0 saturated carbocycles. The number of benzene rings is 1. The molecule has 0 aliphatic carbocycles. The average molecular weight is 266 g/mol. The van der Waals surface area contributed by atoms with Crippen molar-refractivity contribution in [2.75, 3.05) is 6.54 Å². The zero-order valence-corrected chi connectivity index (χ0v) is 10.9. The molecule has 0 atom stereocenters. The third-order valence-electron chi connectivity index (χ3n) is 2.61. The highest BCUT2D eigenvalue weighted by Gasteiger charge is 2.02. The quantitative estimate of drug-likeness (QED) is 0.729. The van der Waals surface area contributed by atoms with Crippen LogP contribution in [0.3, 0.4) is 0 Å². The van der Waals surface area contributed by atoms with Crippen LogP contribution in [0, 0.1) is 0 Å². The normalized spacial score (nSPS) is 16.0. The molecule has 0 aromatic heterocycles.